The van der Waals surface area contributed by atoms with E-state index in [0.717, 1.165) is 0 Å². The average molecular weight is 255 g/mol. The molecule has 82 valence electrons. The van der Waals surface area contributed by atoms with Crippen LogP contribution >= 0.6 is 0 Å². The van der Waals surface area contributed by atoms with Crippen LogP contribution in [0.15, 0.2) is 0 Å². The molecule has 9 heteroatoms. The number of sulfone groups is 1. The van der Waals surface area contributed by atoms with Gasteiger partial charge in [0.25, 0.3) is 0 Å². The van der Waals surface area contributed by atoms with E-state index < -0.39 is 20.1 Å². The van der Waals surface area contributed by atoms with Crippen molar-refractivity contribution >= 4 is 20.7 Å². The van der Waals surface area contributed by atoms with Crippen LogP contribution in [0.5, 0.6) is 0 Å². The molecule has 6 nitrogen and oxygen atoms in total. The van der Waals surface area contributed by atoms with Gasteiger partial charge in [0.2, 0.25) is 5.08 Å². The molecular weight excluding hydrogens is 244 g/mol. The first kappa shape index (κ1) is 15.9. The van der Waals surface area contributed by atoms with Gasteiger partial charge in [0.15, 0.2) is 9.84 Å². The second-order valence-electron chi connectivity index (χ2n) is 2.41. The van der Waals surface area contributed by atoms with E-state index in [1.807, 2.05) is 12.5 Å². The van der Waals surface area contributed by atoms with Gasteiger partial charge in [-0.2, -0.15) is 0 Å². The van der Waals surface area contributed by atoms with Gasteiger partial charge < -0.3 is 0 Å². The first-order chi connectivity index (χ1) is 5.42. The van der Waals surface area contributed by atoms with E-state index in [1.165, 1.54) is 6.26 Å². The van der Waals surface area contributed by atoms with Gasteiger partial charge in [-0.15, -0.1) is 10.2 Å². The van der Waals surface area contributed by atoms with E-state index in [4.69, 9.17) is 18.6 Å². The molecule has 0 spiro atoms. The minimum atomic E-state index is -4.94. The smallest absolute Gasteiger partial charge is 0.206 e. The van der Waals surface area contributed by atoms with E-state index in [0.29, 0.717) is 5.08 Å². The molecule has 0 aliphatic rings. The molecule has 0 N–H and O–H groups in total. The summed E-state index contributed by atoms with van der Waals surface area (Å²) >= 11 is 0. The van der Waals surface area contributed by atoms with Gasteiger partial charge in [-0.3, -0.25) is 0 Å². The van der Waals surface area contributed by atoms with Crippen LogP contribution in [0.4, 0.5) is 0 Å². The van der Waals surface area contributed by atoms with Crippen LogP contribution in [0.2, 0.25) is 0 Å². The zero-order chi connectivity index (χ0) is 11.3. The van der Waals surface area contributed by atoms with Gasteiger partial charge in [-0.25, -0.2) is 27.1 Å². The highest BCUT2D eigenvalue weighted by molar-refractivity contribution is 8.09. The lowest BCUT2D eigenvalue weighted by molar-refractivity contribution is -2.00. The Balaban J connectivity index is 0. The van der Waals surface area contributed by atoms with Crippen molar-refractivity contribution in [3.63, 3.8) is 0 Å². The molecule has 0 fully saturated rings. The van der Waals surface area contributed by atoms with E-state index in [9.17, 15) is 8.42 Å². The van der Waals surface area contributed by atoms with Gasteiger partial charge in [-0.05, 0) is 10.9 Å². The zero-order valence-corrected chi connectivity index (χ0v) is 9.74. The number of halogens is 1. The molecule has 0 aromatic heterocycles. The van der Waals surface area contributed by atoms with Crippen LogP contribution in [0.3, 0.4) is 0 Å². The molecule has 0 aliphatic carbocycles. The minimum absolute atomic E-state index is 0.0270. The minimum Gasteiger partial charge on any atom is -0.224 e. The quantitative estimate of drug-likeness (QED) is 0.455. The number of hydrogen-bond donors (Lipinski definition) is 0. The SMILES string of the molecule is C[S+](C)CS(C)(=O)=O.[O-][Cl+3]([O-])([O-])[O-]. The Morgan fingerprint density at radius 1 is 1.15 bits per heavy atom. The Hall–Kier alpha value is 0.430. The van der Waals surface area contributed by atoms with E-state index in [2.05, 4.69) is 0 Å². The van der Waals surface area contributed by atoms with Crippen molar-refractivity contribution in [3.05, 3.63) is 0 Å². The summed E-state index contributed by atoms with van der Waals surface area (Å²) in [6.07, 6.45) is 5.10. The molecule has 0 aliphatic heterocycles. The standard InChI is InChI=1S/C4H11O2S2.ClHO4/c1-7(2)4-8(3,5)6;2-1(3,4)5/h4H2,1-3H3;(H,2,3,4,5)/q+1;/p-1. The Morgan fingerprint density at radius 3 is 1.38 bits per heavy atom. The van der Waals surface area contributed by atoms with Gasteiger partial charge >= 0.3 is 0 Å². The summed E-state index contributed by atoms with van der Waals surface area (Å²) in [6, 6.07) is 0. The second kappa shape index (κ2) is 6.02. The van der Waals surface area contributed by atoms with Gasteiger partial charge in [0.05, 0.1) is 12.5 Å². The van der Waals surface area contributed by atoms with Crippen molar-refractivity contribution in [1.29, 1.82) is 0 Å². The highest BCUT2D eigenvalue weighted by atomic mass is 35.7. The van der Waals surface area contributed by atoms with Gasteiger partial charge in [-0.1, -0.05) is 0 Å². The topological polar surface area (TPSA) is 126 Å². The molecule has 13 heavy (non-hydrogen) atoms. The van der Waals surface area contributed by atoms with Crippen molar-refractivity contribution in [3.8, 4) is 0 Å². The molecule has 0 amide bonds. The third kappa shape index (κ3) is 45.9. The molecule has 0 saturated carbocycles. The Morgan fingerprint density at radius 2 is 1.38 bits per heavy atom. The lowest BCUT2D eigenvalue weighted by Crippen LogP contribution is -2.68. The summed E-state index contributed by atoms with van der Waals surface area (Å²) in [5.74, 6) is 0. The van der Waals surface area contributed by atoms with Crippen molar-refractivity contribution in [2.45, 2.75) is 0 Å². The van der Waals surface area contributed by atoms with Crippen LogP contribution in [0.25, 0.3) is 0 Å². The lowest BCUT2D eigenvalue weighted by Gasteiger charge is -2.17. The summed E-state index contributed by atoms with van der Waals surface area (Å²) < 4.78 is 54.9. The Labute approximate surface area is 82.2 Å². The first-order valence-electron chi connectivity index (χ1n) is 2.75. The van der Waals surface area contributed by atoms with Gasteiger partial charge in [0, 0.05) is 6.26 Å². The molecule has 0 rings (SSSR count). The van der Waals surface area contributed by atoms with Crippen molar-refractivity contribution in [2.75, 3.05) is 23.9 Å². The van der Waals surface area contributed by atoms with Gasteiger partial charge in [0.1, 0.15) is 0 Å². The summed E-state index contributed by atoms with van der Waals surface area (Å²) in [4.78, 5) is 0. The normalized spacial score (nSPS) is 12.3. The Bertz CT molecular complexity index is 211. The molecule has 0 saturated heterocycles. The maximum Gasteiger partial charge on any atom is 0.206 e. The van der Waals surface area contributed by atoms with E-state index in [-0.39, 0.29) is 10.9 Å². The van der Waals surface area contributed by atoms with E-state index in [1.54, 1.807) is 0 Å². The fourth-order valence-corrected chi connectivity index (χ4v) is 3.85. The summed E-state index contributed by atoms with van der Waals surface area (Å²) in [7, 11) is -7.63. The molecule has 0 aromatic carbocycles. The first-order valence-corrected chi connectivity index (χ1v) is 8.26. The summed E-state index contributed by atoms with van der Waals surface area (Å²) in [5.41, 5.74) is 0. The summed E-state index contributed by atoms with van der Waals surface area (Å²) in [5, 5.41) is 0.326. The molecule has 0 aromatic rings. The predicted octanol–water partition coefficient (Wildman–Crippen LogP) is -4.89. The van der Waals surface area contributed by atoms with Crippen molar-refractivity contribution in [1.82, 2.24) is 0 Å². The third-order valence-corrected chi connectivity index (χ3v) is 4.05. The highest BCUT2D eigenvalue weighted by Gasteiger charge is 2.11. The van der Waals surface area contributed by atoms with Crippen molar-refractivity contribution < 1.29 is 37.3 Å². The maximum absolute atomic E-state index is 10.4. The molecule has 0 bridgehead atoms. The average Bonchev–Trinajstić information content (AvgIpc) is 1.47. The van der Waals surface area contributed by atoms with Crippen molar-refractivity contribution in [2.24, 2.45) is 0 Å². The van der Waals surface area contributed by atoms with Crippen LogP contribution in [0, 0.1) is 10.2 Å². The third-order valence-electron chi connectivity index (χ3n) is 0.450. The predicted molar refractivity (Wildman–Crippen MR) is 38.9 cm³/mol. The molecule has 0 atom stereocenters. The summed E-state index contributed by atoms with van der Waals surface area (Å²) in [6.45, 7) is 0. The van der Waals surface area contributed by atoms with Crippen LogP contribution < -0.4 is 18.6 Å². The molecule has 0 radical (unpaired) electrons. The lowest BCUT2D eigenvalue weighted by atomic mass is 11.8. The monoisotopic (exact) mass is 254 g/mol. The fraction of sp³-hybridized carbons (Fsp3) is 1.00. The maximum atomic E-state index is 10.4. The number of rotatable bonds is 2. The zero-order valence-electron chi connectivity index (χ0n) is 7.35. The fourth-order valence-electron chi connectivity index (χ4n) is 0.428. The van der Waals surface area contributed by atoms with Crippen LogP contribution in [-0.4, -0.2) is 32.3 Å². The largest absolute Gasteiger partial charge is 0.224 e. The number of hydrogen-bond acceptors (Lipinski definition) is 6. The second-order valence-corrected chi connectivity index (χ2v) is 7.93. The molecule has 0 heterocycles. The van der Waals surface area contributed by atoms with Crippen LogP contribution in [-0.2, 0) is 20.7 Å². The molecular formula is C4H11ClO6S2. The highest BCUT2D eigenvalue weighted by Crippen LogP contribution is 1.90. The van der Waals surface area contributed by atoms with E-state index >= 15 is 0 Å². The molecule has 0 unspecified atom stereocenters. The Kier molecular flexibility index (Phi) is 7.35. The van der Waals surface area contributed by atoms with Crippen LogP contribution in [0.1, 0.15) is 0 Å².